The summed E-state index contributed by atoms with van der Waals surface area (Å²) in [4.78, 5) is 13.4. The van der Waals surface area contributed by atoms with Gasteiger partial charge in [-0.15, -0.1) is 0 Å². The van der Waals surface area contributed by atoms with E-state index in [2.05, 4.69) is 44.6 Å². The number of carbonyl (C=O) groups excluding carboxylic acids is 1. The minimum absolute atomic E-state index is 0. The van der Waals surface area contributed by atoms with E-state index in [1.54, 1.807) is 3.88 Å². The van der Waals surface area contributed by atoms with E-state index >= 15 is 0 Å². The summed E-state index contributed by atoms with van der Waals surface area (Å²) < 4.78 is 5.43. The average molecular weight is 509 g/mol. The van der Waals surface area contributed by atoms with E-state index in [1.807, 2.05) is 0 Å². The first-order valence-electron chi connectivity index (χ1n) is 11.9. The second-order valence-electron chi connectivity index (χ2n) is 9.58. The molecule has 2 aliphatic carbocycles. The molecule has 1 unspecified atom stereocenters. The van der Waals surface area contributed by atoms with Gasteiger partial charge in [0.1, 0.15) is 0 Å². The first kappa shape index (κ1) is 30.5. The van der Waals surface area contributed by atoms with Crippen LogP contribution in [0, 0.1) is 11.8 Å². The maximum Gasteiger partial charge on any atom is -1.00 e. The van der Waals surface area contributed by atoms with E-state index in [-0.39, 0.29) is 30.7 Å². The van der Waals surface area contributed by atoms with Gasteiger partial charge >= 0.3 is 182 Å². The molecule has 0 spiro atoms. The maximum absolute atomic E-state index is 13.4. The molecule has 0 aromatic rings. The van der Waals surface area contributed by atoms with Crippen molar-refractivity contribution in [3.63, 3.8) is 0 Å². The first-order chi connectivity index (χ1) is 13.3. The molecule has 173 valence electrons. The molecule has 2 aliphatic rings. The van der Waals surface area contributed by atoms with Crippen molar-refractivity contribution in [1.29, 1.82) is 0 Å². The number of rotatable bonds is 4. The summed E-state index contributed by atoms with van der Waals surface area (Å²) in [6.45, 7) is 13.3. The van der Waals surface area contributed by atoms with Gasteiger partial charge in [-0.3, -0.25) is 0 Å². The van der Waals surface area contributed by atoms with Gasteiger partial charge in [0.25, 0.3) is 0 Å². The van der Waals surface area contributed by atoms with Gasteiger partial charge in [0, 0.05) is 0 Å². The molecule has 0 saturated heterocycles. The van der Waals surface area contributed by atoms with Gasteiger partial charge < -0.3 is 24.8 Å². The molecule has 1 fully saturated rings. The van der Waals surface area contributed by atoms with Crippen molar-refractivity contribution >= 4 is 12.6 Å². The van der Waals surface area contributed by atoms with Crippen molar-refractivity contribution < 1.29 is 47.0 Å². The van der Waals surface area contributed by atoms with E-state index in [0.717, 1.165) is 12.8 Å². The largest absolute Gasteiger partial charge is 1.00 e. The van der Waals surface area contributed by atoms with Gasteiger partial charge in [-0.2, -0.15) is 0 Å². The molecule has 0 bridgehead atoms. The summed E-state index contributed by atoms with van der Waals surface area (Å²) in [6.07, 6.45) is 14.3. The van der Waals surface area contributed by atoms with Crippen LogP contribution >= 0.6 is 0 Å². The van der Waals surface area contributed by atoms with Crippen molar-refractivity contribution in [3.05, 3.63) is 20.6 Å². The molecule has 0 aromatic carbocycles. The van der Waals surface area contributed by atoms with Gasteiger partial charge in [-0.1, -0.05) is 0 Å². The Bertz CT molecular complexity index is 594. The summed E-state index contributed by atoms with van der Waals surface area (Å²) in [5, 5.41) is 0. The number of hydrogen-bond donors (Lipinski definition) is 1. The fourth-order valence-corrected chi connectivity index (χ4v) is 15.6. The summed E-state index contributed by atoms with van der Waals surface area (Å²) in [5.41, 5.74) is 4.54. The minimum atomic E-state index is -1.70. The van der Waals surface area contributed by atoms with Gasteiger partial charge in [0.2, 0.25) is 0 Å². The zero-order valence-electron chi connectivity index (χ0n) is 20.2. The summed E-state index contributed by atoms with van der Waals surface area (Å²) >= 11 is -1.70. The smallest absolute Gasteiger partial charge is 1.00 e. The predicted molar refractivity (Wildman–Crippen MR) is 122 cm³/mol. The van der Waals surface area contributed by atoms with E-state index in [4.69, 9.17) is 0 Å². The van der Waals surface area contributed by atoms with Crippen LogP contribution in [0.15, 0.2) is 20.6 Å². The fraction of sp³-hybridized carbons (Fsp3) is 0.792. The molecule has 0 aromatic heterocycles. The fourth-order valence-electron chi connectivity index (χ4n) is 4.98. The molecule has 0 aliphatic heterocycles. The summed E-state index contributed by atoms with van der Waals surface area (Å²) in [5.74, 6) is 1.24. The Balaban J connectivity index is 0.00000420. The molecule has 2 nitrogen and oxygen atoms in total. The molecule has 6 heteroatoms. The molecule has 1 saturated carbocycles. The van der Waals surface area contributed by atoms with Crippen molar-refractivity contribution in [3.8, 4) is 0 Å². The topological polar surface area (TPSA) is 29.1 Å². The van der Waals surface area contributed by atoms with Crippen molar-refractivity contribution in [1.82, 2.24) is 3.80 Å². The van der Waals surface area contributed by atoms with E-state index in [0.29, 0.717) is 11.8 Å². The molecule has 1 amide bonds. The van der Waals surface area contributed by atoms with E-state index in [1.165, 1.54) is 74.5 Å². The zero-order valence-corrected chi connectivity index (χ0v) is 24.4. The molecule has 0 radical (unpaired) electrons. The number of halogens is 2. The Morgan fingerprint density at radius 3 is 1.63 bits per heavy atom. The summed E-state index contributed by atoms with van der Waals surface area (Å²) in [6, 6.07) is 0. The van der Waals surface area contributed by atoms with Crippen LogP contribution in [0.1, 0.15) is 98.3 Å². The van der Waals surface area contributed by atoms with Crippen LogP contribution in [0.3, 0.4) is 0 Å². The monoisotopic (exact) mass is 508 g/mol. The Labute approximate surface area is 206 Å². The average Bonchev–Trinajstić information content (AvgIpc) is 2.83. The Morgan fingerprint density at radius 1 is 0.833 bits per heavy atom. The Morgan fingerprint density at radius 2 is 1.27 bits per heavy atom. The van der Waals surface area contributed by atoms with Gasteiger partial charge in [0.05, 0.1) is 0 Å². The molecular weight excluding hydrogens is 465 g/mol. The van der Waals surface area contributed by atoms with Crippen LogP contribution in [0.2, 0.25) is 13.1 Å². The van der Waals surface area contributed by atoms with Crippen molar-refractivity contribution in [2.75, 3.05) is 0 Å². The zero-order chi connectivity index (χ0) is 20.7. The molecular formula is C24H44Cl2NOSiTi. The SMILES string of the molecule is CC1=C(C)C(C)[C]([Ti+2]([NH]C(=O)C2CCCCCCCCCCC2)[SiH](C)C)=C1C.[Cl-].[Cl-]. The molecule has 0 heterocycles. The number of nitrogens with one attached hydrogen (secondary N) is 1. The summed E-state index contributed by atoms with van der Waals surface area (Å²) in [7, 11) is 0. The van der Waals surface area contributed by atoms with Crippen LogP contribution in [-0.4, -0.2) is 12.6 Å². The standard InChI is InChI=1S/C13H25NO.C9H13.C2H7Si.2ClH.Ti/c14-13(15)12-10-8-6-4-2-1-3-5-7-9-11-12;1-6-5-7(2)9(4)8(6)3;1-3-2;;;/h12H,1-11H2,(H2,14,15);6H,1-4H3;3H,1-2H3;2*1H;/q;;;;;+3/p-3. The quantitative estimate of drug-likeness (QED) is 0.559. The van der Waals surface area contributed by atoms with Crippen LogP contribution < -0.4 is 28.6 Å². The second-order valence-corrected chi connectivity index (χ2v) is 22.2. The van der Waals surface area contributed by atoms with Crippen LogP contribution in [0.4, 0.5) is 0 Å². The van der Waals surface area contributed by atoms with Gasteiger partial charge in [-0.25, -0.2) is 0 Å². The molecule has 1 N–H and O–H groups in total. The number of allylic oxidation sites excluding steroid dienone is 4. The van der Waals surface area contributed by atoms with Gasteiger partial charge in [-0.05, 0) is 0 Å². The van der Waals surface area contributed by atoms with Crippen LogP contribution in [0.5, 0.6) is 0 Å². The number of hydrogen-bond acceptors (Lipinski definition) is 1. The van der Waals surface area contributed by atoms with Crippen molar-refractivity contribution in [2.24, 2.45) is 11.8 Å². The van der Waals surface area contributed by atoms with Crippen LogP contribution in [-0.2, 0) is 22.2 Å². The third-order valence-electron chi connectivity index (χ3n) is 7.24. The Kier molecular flexibility index (Phi) is 15.6. The number of carbonyl (C=O) groups is 1. The van der Waals surface area contributed by atoms with Crippen molar-refractivity contribution in [2.45, 2.75) is 111 Å². The minimum Gasteiger partial charge on any atom is -1.00 e. The number of amides is 1. The normalized spacial score (nSPS) is 22.0. The second kappa shape index (κ2) is 15.3. The third-order valence-corrected chi connectivity index (χ3v) is 18.7. The van der Waals surface area contributed by atoms with Gasteiger partial charge in [0.15, 0.2) is 0 Å². The molecule has 2 rings (SSSR count). The predicted octanol–water partition coefficient (Wildman–Crippen LogP) is 0.808. The van der Waals surface area contributed by atoms with E-state index < -0.39 is 24.0 Å². The third kappa shape index (κ3) is 8.43. The molecule has 1 atom stereocenters. The molecule has 30 heavy (non-hydrogen) atoms. The Hall–Kier alpha value is 0.461. The van der Waals surface area contributed by atoms with E-state index in [9.17, 15) is 4.79 Å². The first-order valence-corrected chi connectivity index (χ1v) is 19.1. The van der Waals surface area contributed by atoms with Crippen LogP contribution in [0.25, 0.3) is 0 Å². The maximum atomic E-state index is 13.4.